The third-order valence-electron chi connectivity index (χ3n) is 5.96. The summed E-state index contributed by atoms with van der Waals surface area (Å²) < 4.78 is 16.0. The fourth-order valence-corrected chi connectivity index (χ4v) is 4.21. The van der Waals surface area contributed by atoms with Crippen LogP contribution in [-0.4, -0.2) is 85.2 Å². The van der Waals surface area contributed by atoms with Crippen molar-refractivity contribution < 1.29 is 28.9 Å². The number of aliphatic hydroxyl groups is 1. The van der Waals surface area contributed by atoms with Gasteiger partial charge in [0.2, 0.25) is 0 Å². The molecule has 9 heteroatoms. The third kappa shape index (κ3) is 4.55. The first-order valence-electron chi connectivity index (χ1n) is 10.8. The van der Waals surface area contributed by atoms with Crippen LogP contribution in [0.1, 0.15) is 17.2 Å². The van der Waals surface area contributed by atoms with Gasteiger partial charge in [-0.25, -0.2) is 0 Å². The Labute approximate surface area is 192 Å². The van der Waals surface area contributed by atoms with Crippen molar-refractivity contribution in [1.82, 2.24) is 14.8 Å². The van der Waals surface area contributed by atoms with E-state index in [1.165, 1.54) is 19.1 Å². The van der Waals surface area contributed by atoms with E-state index in [1.54, 1.807) is 42.7 Å². The monoisotopic (exact) mass is 453 g/mol. The van der Waals surface area contributed by atoms with E-state index in [0.29, 0.717) is 48.9 Å². The van der Waals surface area contributed by atoms with Gasteiger partial charge in [-0.3, -0.25) is 19.5 Å². The first-order chi connectivity index (χ1) is 16.0. The van der Waals surface area contributed by atoms with E-state index >= 15 is 0 Å². The molecular formula is C24H27N3O6. The predicted molar refractivity (Wildman–Crippen MR) is 120 cm³/mol. The van der Waals surface area contributed by atoms with Crippen LogP contribution >= 0.6 is 0 Å². The van der Waals surface area contributed by atoms with Crippen molar-refractivity contribution in [3.8, 4) is 11.5 Å². The summed E-state index contributed by atoms with van der Waals surface area (Å²) in [5.41, 5.74) is 1.04. The zero-order chi connectivity index (χ0) is 23.4. The number of likely N-dealkylation sites (tertiary alicyclic amines) is 1. The molecule has 9 nitrogen and oxygen atoms in total. The summed E-state index contributed by atoms with van der Waals surface area (Å²) in [5.74, 6) is -0.737. The first kappa shape index (κ1) is 22.8. The molecular weight excluding hydrogens is 426 g/mol. The number of aliphatic hydroxyl groups excluding tert-OH is 1. The molecule has 2 aromatic rings. The van der Waals surface area contributed by atoms with Crippen molar-refractivity contribution in [1.29, 1.82) is 0 Å². The van der Waals surface area contributed by atoms with Gasteiger partial charge in [-0.1, -0.05) is 6.07 Å². The number of amides is 1. The molecule has 0 radical (unpaired) electrons. The number of pyridine rings is 1. The van der Waals surface area contributed by atoms with Gasteiger partial charge in [-0.05, 0) is 29.8 Å². The summed E-state index contributed by atoms with van der Waals surface area (Å²) >= 11 is 0. The fourth-order valence-electron chi connectivity index (χ4n) is 4.21. The van der Waals surface area contributed by atoms with Crippen LogP contribution in [0.25, 0.3) is 5.76 Å². The number of ether oxygens (including phenoxy) is 3. The average molecular weight is 453 g/mol. The van der Waals surface area contributed by atoms with E-state index in [9.17, 15) is 14.7 Å². The summed E-state index contributed by atoms with van der Waals surface area (Å²) in [6, 6.07) is 7.64. The van der Waals surface area contributed by atoms with E-state index in [-0.39, 0.29) is 11.3 Å². The van der Waals surface area contributed by atoms with E-state index < -0.39 is 17.7 Å². The molecule has 2 fully saturated rings. The number of aromatic nitrogens is 1. The lowest BCUT2D eigenvalue weighted by atomic mass is 9.96. The number of Topliss-reactive ketones (excluding diaryl/α,β-unsaturated/α-hetero) is 1. The molecule has 2 aliphatic heterocycles. The van der Waals surface area contributed by atoms with E-state index in [4.69, 9.17) is 14.2 Å². The van der Waals surface area contributed by atoms with Crippen molar-refractivity contribution in [2.75, 3.05) is 53.6 Å². The second kappa shape index (κ2) is 10.0. The molecule has 0 bridgehead atoms. The van der Waals surface area contributed by atoms with Gasteiger partial charge in [-0.2, -0.15) is 0 Å². The molecule has 4 rings (SSSR count). The quantitative estimate of drug-likeness (QED) is 0.385. The molecule has 1 aromatic heterocycles. The minimum Gasteiger partial charge on any atom is -0.507 e. The van der Waals surface area contributed by atoms with Crippen molar-refractivity contribution in [2.45, 2.75) is 6.04 Å². The first-order valence-corrected chi connectivity index (χ1v) is 10.8. The highest BCUT2D eigenvalue weighted by atomic mass is 16.5. The minimum absolute atomic E-state index is 0.0298. The van der Waals surface area contributed by atoms with Crippen LogP contribution in [0.5, 0.6) is 11.5 Å². The molecule has 0 aliphatic carbocycles. The number of methoxy groups -OCH3 is 2. The Kier molecular flexibility index (Phi) is 6.90. The van der Waals surface area contributed by atoms with Gasteiger partial charge in [0.05, 0.1) is 39.0 Å². The summed E-state index contributed by atoms with van der Waals surface area (Å²) in [6.45, 7) is 3.77. The van der Waals surface area contributed by atoms with Crippen LogP contribution in [0.2, 0.25) is 0 Å². The molecule has 1 aromatic carbocycles. The largest absolute Gasteiger partial charge is 0.507 e. The standard InChI is InChI=1S/C24H27N3O6/c1-31-18-6-5-16(14-19(18)32-2)22(28)20-21(17-4-3-7-25-15-17)27(24(30)23(20)29)9-8-26-10-12-33-13-11-26/h3-7,14-15,21,28H,8-13H2,1-2H3. The Morgan fingerprint density at radius 2 is 1.88 bits per heavy atom. The van der Waals surface area contributed by atoms with Crippen molar-refractivity contribution in [3.63, 3.8) is 0 Å². The van der Waals surface area contributed by atoms with E-state index in [2.05, 4.69) is 9.88 Å². The SMILES string of the molecule is COc1ccc(C(O)=C2C(=O)C(=O)N(CCN3CCOCC3)C2c2cccnc2)cc1OC. The van der Waals surface area contributed by atoms with Gasteiger partial charge >= 0.3 is 0 Å². The van der Waals surface area contributed by atoms with Crippen LogP contribution in [0.15, 0.2) is 48.3 Å². The maximum atomic E-state index is 13.1. The Balaban J connectivity index is 1.73. The third-order valence-corrected chi connectivity index (χ3v) is 5.96. The van der Waals surface area contributed by atoms with Crippen LogP contribution in [0.3, 0.4) is 0 Å². The summed E-state index contributed by atoms with van der Waals surface area (Å²) in [4.78, 5) is 34.0. The van der Waals surface area contributed by atoms with E-state index in [0.717, 1.165) is 13.1 Å². The number of rotatable bonds is 7. The number of ketones is 1. The highest BCUT2D eigenvalue weighted by molar-refractivity contribution is 6.46. The number of carbonyl (C=O) groups excluding carboxylic acids is 2. The van der Waals surface area contributed by atoms with Crippen LogP contribution in [0.4, 0.5) is 0 Å². The smallest absolute Gasteiger partial charge is 0.295 e. The summed E-state index contributed by atoms with van der Waals surface area (Å²) in [7, 11) is 3.00. The molecule has 2 saturated heterocycles. The molecule has 2 aliphatic rings. The molecule has 33 heavy (non-hydrogen) atoms. The molecule has 1 atom stereocenters. The zero-order valence-corrected chi connectivity index (χ0v) is 18.7. The topological polar surface area (TPSA) is 101 Å². The minimum atomic E-state index is -0.743. The summed E-state index contributed by atoms with van der Waals surface area (Å²) in [5, 5.41) is 11.2. The normalized spacial score (nSPS) is 20.8. The fraction of sp³-hybridized carbons (Fsp3) is 0.375. The van der Waals surface area contributed by atoms with E-state index in [1.807, 2.05) is 0 Å². The van der Waals surface area contributed by atoms with Gasteiger partial charge in [0.25, 0.3) is 11.7 Å². The van der Waals surface area contributed by atoms with Gasteiger partial charge in [0, 0.05) is 44.1 Å². The maximum absolute atomic E-state index is 13.1. The number of benzene rings is 1. The number of morpholine rings is 1. The highest BCUT2D eigenvalue weighted by Gasteiger charge is 2.46. The lowest BCUT2D eigenvalue weighted by molar-refractivity contribution is -0.140. The Bertz CT molecular complexity index is 1050. The molecule has 174 valence electrons. The Hall–Kier alpha value is -3.43. The van der Waals surface area contributed by atoms with Crippen molar-refractivity contribution >= 4 is 17.4 Å². The second-order valence-electron chi connectivity index (χ2n) is 7.80. The number of nitrogens with zero attached hydrogens (tertiary/aromatic N) is 3. The average Bonchev–Trinajstić information content (AvgIpc) is 3.12. The Morgan fingerprint density at radius 3 is 2.55 bits per heavy atom. The Morgan fingerprint density at radius 1 is 1.12 bits per heavy atom. The van der Waals surface area contributed by atoms with Crippen LogP contribution < -0.4 is 9.47 Å². The summed E-state index contributed by atoms with van der Waals surface area (Å²) in [6.07, 6.45) is 3.23. The van der Waals surface area contributed by atoms with Crippen LogP contribution in [0, 0.1) is 0 Å². The van der Waals surface area contributed by atoms with Gasteiger partial charge < -0.3 is 24.2 Å². The number of carbonyl (C=O) groups is 2. The van der Waals surface area contributed by atoms with Gasteiger partial charge in [-0.15, -0.1) is 0 Å². The molecule has 0 saturated carbocycles. The number of hydrogen-bond donors (Lipinski definition) is 1. The van der Waals surface area contributed by atoms with Crippen molar-refractivity contribution in [3.05, 3.63) is 59.4 Å². The molecule has 3 heterocycles. The van der Waals surface area contributed by atoms with Gasteiger partial charge in [0.1, 0.15) is 5.76 Å². The molecule has 1 N–H and O–H groups in total. The second-order valence-corrected chi connectivity index (χ2v) is 7.80. The lowest BCUT2D eigenvalue weighted by Crippen LogP contribution is -2.42. The molecule has 1 unspecified atom stereocenters. The molecule has 0 spiro atoms. The van der Waals surface area contributed by atoms with Crippen LogP contribution in [-0.2, 0) is 14.3 Å². The zero-order valence-electron chi connectivity index (χ0n) is 18.7. The maximum Gasteiger partial charge on any atom is 0.295 e. The van der Waals surface area contributed by atoms with Gasteiger partial charge in [0.15, 0.2) is 11.5 Å². The van der Waals surface area contributed by atoms with Crippen molar-refractivity contribution in [2.24, 2.45) is 0 Å². The number of hydrogen-bond acceptors (Lipinski definition) is 8. The predicted octanol–water partition coefficient (Wildman–Crippen LogP) is 1.85. The highest BCUT2D eigenvalue weighted by Crippen LogP contribution is 2.40. The lowest BCUT2D eigenvalue weighted by Gasteiger charge is -2.30. The molecule has 1 amide bonds.